The third kappa shape index (κ3) is 5.82. The number of carbonyl (C=O) groups is 1. The lowest BCUT2D eigenvalue weighted by molar-refractivity contribution is 0.0686. The Labute approximate surface area is 204 Å². The van der Waals surface area contributed by atoms with Crippen LogP contribution in [0.3, 0.4) is 0 Å². The summed E-state index contributed by atoms with van der Waals surface area (Å²) >= 11 is 0. The minimum absolute atomic E-state index is 0.176. The summed E-state index contributed by atoms with van der Waals surface area (Å²) in [5.74, 6) is 1.57. The molecule has 182 valence electrons. The lowest BCUT2D eigenvalue weighted by Crippen LogP contribution is -2.49. The van der Waals surface area contributed by atoms with Gasteiger partial charge in [-0.2, -0.15) is 0 Å². The van der Waals surface area contributed by atoms with E-state index in [1.807, 2.05) is 61.7 Å². The van der Waals surface area contributed by atoms with Gasteiger partial charge in [-0.15, -0.1) is 0 Å². The van der Waals surface area contributed by atoms with E-state index in [-0.39, 0.29) is 12.6 Å². The normalized spacial score (nSPS) is 13.4. The maximum absolute atomic E-state index is 11.2. The molecule has 5 N–H and O–H groups in total. The molecule has 7 nitrogen and oxygen atoms in total. The van der Waals surface area contributed by atoms with Crippen LogP contribution in [0.1, 0.15) is 36.7 Å². The highest BCUT2D eigenvalue weighted by molar-refractivity contribution is 5.92. The first-order valence-electron chi connectivity index (χ1n) is 11.6. The van der Waals surface area contributed by atoms with Gasteiger partial charge >= 0.3 is 0 Å². The van der Waals surface area contributed by atoms with Crippen LogP contribution in [0, 0.1) is 0 Å². The van der Waals surface area contributed by atoms with E-state index in [2.05, 4.69) is 24.1 Å². The van der Waals surface area contributed by atoms with Crippen LogP contribution in [0.2, 0.25) is 0 Å². The Balaban J connectivity index is 1.34. The van der Waals surface area contributed by atoms with E-state index in [0.717, 1.165) is 22.2 Å². The van der Waals surface area contributed by atoms with Gasteiger partial charge in [0, 0.05) is 34.2 Å². The van der Waals surface area contributed by atoms with Gasteiger partial charge in [0.15, 0.2) is 0 Å². The van der Waals surface area contributed by atoms with E-state index in [4.69, 9.17) is 15.2 Å². The molecule has 3 aromatic carbocycles. The van der Waals surface area contributed by atoms with Crippen molar-refractivity contribution in [3.8, 4) is 17.2 Å². The fourth-order valence-electron chi connectivity index (χ4n) is 4.01. The number of hydrogen-bond donors (Lipinski definition) is 4. The van der Waals surface area contributed by atoms with Crippen molar-refractivity contribution in [3.05, 3.63) is 90.1 Å². The van der Waals surface area contributed by atoms with Gasteiger partial charge in [0.2, 0.25) is 5.91 Å². The molecule has 0 bridgehead atoms. The Kier molecular flexibility index (Phi) is 7.10. The molecule has 7 heteroatoms. The van der Waals surface area contributed by atoms with Gasteiger partial charge in [-0.1, -0.05) is 18.2 Å². The van der Waals surface area contributed by atoms with E-state index in [1.165, 1.54) is 0 Å². The fraction of sp³-hybridized carbons (Fsp3) is 0.250. The van der Waals surface area contributed by atoms with Crippen LogP contribution in [0.25, 0.3) is 10.9 Å². The van der Waals surface area contributed by atoms with Crippen molar-refractivity contribution in [3.63, 3.8) is 0 Å². The minimum Gasteiger partial charge on any atom is -0.490 e. The van der Waals surface area contributed by atoms with E-state index in [9.17, 15) is 9.90 Å². The molecule has 1 heterocycles. The number of H-pyrrole nitrogens is 1. The maximum Gasteiger partial charge on any atom is 0.248 e. The number of ether oxygens (including phenoxy) is 2. The Morgan fingerprint density at radius 3 is 2.34 bits per heavy atom. The van der Waals surface area contributed by atoms with Crippen LogP contribution >= 0.6 is 0 Å². The summed E-state index contributed by atoms with van der Waals surface area (Å²) in [6, 6.07) is 22.0. The number of fused-ring (bicyclic) bond motifs is 1. The molecule has 4 aromatic rings. The first-order valence-corrected chi connectivity index (χ1v) is 11.6. The number of primary amides is 1. The molecule has 0 radical (unpaired) electrons. The topological polar surface area (TPSA) is 110 Å². The molecule has 1 unspecified atom stereocenters. The van der Waals surface area contributed by atoms with Gasteiger partial charge in [-0.25, -0.2) is 0 Å². The Bertz CT molecular complexity index is 1280. The third-order valence-corrected chi connectivity index (χ3v) is 6.08. The van der Waals surface area contributed by atoms with Crippen molar-refractivity contribution in [1.82, 2.24) is 10.3 Å². The second kappa shape index (κ2) is 10.2. The van der Waals surface area contributed by atoms with Crippen LogP contribution in [0.5, 0.6) is 17.2 Å². The number of carbonyl (C=O) groups excluding carboxylic acids is 1. The Morgan fingerprint density at radius 1 is 1.03 bits per heavy atom. The van der Waals surface area contributed by atoms with Gasteiger partial charge < -0.3 is 30.6 Å². The molecule has 1 amide bonds. The number of nitrogens with two attached hydrogens (primary N) is 1. The lowest BCUT2D eigenvalue weighted by atomic mass is 9.92. The molecule has 0 saturated heterocycles. The van der Waals surface area contributed by atoms with E-state index in [0.29, 0.717) is 17.1 Å². The van der Waals surface area contributed by atoms with Crippen molar-refractivity contribution in [2.24, 2.45) is 5.73 Å². The van der Waals surface area contributed by atoms with Crippen molar-refractivity contribution < 1.29 is 19.4 Å². The lowest BCUT2D eigenvalue weighted by Gasteiger charge is -2.33. The van der Waals surface area contributed by atoms with Gasteiger partial charge in [0.25, 0.3) is 0 Å². The quantitative estimate of drug-likeness (QED) is 0.267. The molecule has 0 aliphatic heterocycles. The summed E-state index contributed by atoms with van der Waals surface area (Å²) in [6.45, 7) is 6.25. The summed E-state index contributed by atoms with van der Waals surface area (Å²) in [5.41, 5.74) is 7.36. The smallest absolute Gasteiger partial charge is 0.248 e. The van der Waals surface area contributed by atoms with Gasteiger partial charge in [0.1, 0.15) is 30.0 Å². The molecular weight excluding hydrogens is 442 g/mol. The van der Waals surface area contributed by atoms with Gasteiger partial charge in [-0.3, -0.25) is 4.79 Å². The standard InChI is InChI=1S/C28H31N3O4/c1-18(25(32)17-34-26-6-4-5-24-23(26)15-16-30-24)31-28(2,3)20-9-13-22(14-10-20)35-21-11-7-19(8-12-21)27(29)33/h4-16,18,25,30-32H,17H2,1-3H3,(H2,29,33)/t18?,25-/m1/s1. The molecule has 0 aliphatic carbocycles. The number of aliphatic hydroxyl groups excluding tert-OH is 1. The molecule has 0 spiro atoms. The van der Waals surface area contributed by atoms with Crippen molar-refractivity contribution >= 4 is 16.8 Å². The largest absolute Gasteiger partial charge is 0.490 e. The molecule has 4 rings (SSSR count). The molecule has 0 saturated carbocycles. The molecular formula is C28H31N3O4. The summed E-state index contributed by atoms with van der Waals surface area (Å²) in [6.07, 6.45) is 1.17. The van der Waals surface area contributed by atoms with Crippen LogP contribution in [0.15, 0.2) is 79.0 Å². The first-order chi connectivity index (χ1) is 16.7. The SMILES string of the molecule is CC(NC(C)(C)c1ccc(Oc2ccc(C(N)=O)cc2)cc1)[C@H](O)COc1cccc2[nH]ccc12. The monoisotopic (exact) mass is 473 g/mol. The second-order valence-electron chi connectivity index (χ2n) is 9.15. The Morgan fingerprint density at radius 2 is 1.69 bits per heavy atom. The van der Waals surface area contributed by atoms with Gasteiger partial charge in [0.05, 0.1) is 0 Å². The van der Waals surface area contributed by atoms with Crippen LogP contribution in [0.4, 0.5) is 0 Å². The predicted octanol–water partition coefficient (Wildman–Crippen LogP) is 4.71. The van der Waals surface area contributed by atoms with Crippen LogP contribution < -0.4 is 20.5 Å². The summed E-state index contributed by atoms with van der Waals surface area (Å²) in [5, 5.41) is 15.2. The molecule has 2 atom stereocenters. The number of aromatic nitrogens is 1. The average Bonchev–Trinajstić information content (AvgIpc) is 3.32. The van der Waals surface area contributed by atoms with Crippen LogP contribution in [-0.2, 0) is 5.54 Å². The second-order valence-corrected chi connectivity index (χ2v) is 9.15. The first kappa shape index (κ1) is 24.3. The number of nitrogens with one attached hydrogen (secondary N) is 2. The molecule has 35 heavy (non-hydrogen) atoms. The molecule has 0 fully saturated rings. The molecule has 0 aliphatic rings. The third-order valence-electron chi connectivity index (χ3n) is 6.08. The van der Waals surface area contributed by atoms with Crippen molar-refractivity contribution in [1.29, 1.82) is 0 Å². The van der Waals surface area contributed by atoms with Gasteiger partial charge in [-0.05, 0) is 80.9 Å². The number of aliphatic hydroxyl groups is 1. The van der Waals surface area contributed by atoms with Crippen molar-refractivity contribution in [2.45, 2.75) is 38.5 Å². The fourth-order valence-corrected chi connectivity index (χ4v) is 4.01. The summed E-state index contributed by atoms with van der Waals surface area (Å²) in [4.78, 5) is 14.4. The minimum atomic E-state index is -0.700. The molecule has 1 aromatic heterocycles. The highest BCUT2D eigenvalue weighted by Crippen LogP contribution is 2.28. The zero-order chi connectivity index (χ0) is 25.0. The number of hydrogen-bond acceptors (Lipinski definition) is 5. The number of rotatable bonds is 10. The number of amides is 1. The zero-order valence-electron chi connectivity index (χ0n) is 20.1. The van der Waals surface area contributed by atoms with E-state index in [1.54, 1.807) is 24.3 Å². The Hall–Kier alpha value is -3.81. The van der Waals surface area contributed by atoms with Crippen molar-refractivity contribution in [2.75, 3.05) is 6.61 Å². The average molecular weight is 474 g/mol. The van der Waals surface area contributed by atoms with E-state index >= 15 is 0 Å². The zero-order valence-corrected chi connectivity index (χ0v) is 20.1. The highest BCUT2D eigenvalue weighted by atomic mass is 16.5. The highest BCUT2D eigenvalue weighted by Gasteiger charge is 2.26. The predicted molar refractivity (Wildman–Crippen MR) is 137 cm³/mol. The number of benzene rings is 3. The van der Waals surface area contributed by atoms with Crippen LogP contribution in [-0.4, -0.2) is 34.8 Å². The number of aromatic amines is 1. The van der Waals surface area contributed by atoms with E-state index < -0.39 is 17.6 Å². The summed E-state index contributed by atoms with van der Waals surface area (Å²) in [7, 11) is 0. The maximum atomic E-state index is 11.2. The summed E-state index contributed by atoms with van der Waals surface area (Å²) < 4.78 is 11.8.